The maximum atomic E-state index is 4.63. The van der Waals surface area contributed by atoms with E-state index < -0.39 is 0 Å². The first-order valence-electron chi connectivity index (χ1n) is 17.1. The van der Waals surface area contributed by atoms with Gasteiger partial charge in [0.1, 0.15) is 0 Å². The second-order valence-corrected chi connectivity index (χ2v) is 12.8. The number of aliphatic imine (C=N–C) groups is 1. The van der Waals surface area contributed by atoms with Gasteiger partial charge in [0, 0.05) is 88.1 Å². The molecular weight excluding hydrogens is 621 g/mol. The Hall–Kier alpha value is -6.66. The molecule has 4 aromatic carbocycles. The number of rotatable bonds is 6. The SMILES string of the molecule is C=N/C=C\C(=C/C)c1cncc(-c2ccc3c(c2)-c2ccccc2B2c4ccccc4-c4cc(-c5cncc(-c6ccncc6)c5)ccc4N23)c1. The minimum Gasteiger partial charge on any atom is -0.376 e. The van der Waals surface area contributed by atoms with Crippen LogP contribution in [0, 0.1) is 0 Å². The fourth-order valence-electron chi connectivity index (χ4n) is 7.65. The lowest BCUT2D eigenvalue weighted by atomic mass is 9.43. The van der Waals surface area contributed by atoms with E-state index in [1.54, 1.807) is 6.20 Å². The molecule has 0 amide bonds. The van der Waals surface area contributed by atoms with E-state index >= 15 is 0 Å². The van der Waals surface area contributed by atoms with Gasteiger partial charge in [-0.2, -0.15) is 0 Å². The van der Waals surface area contributed by atoms with Crippen molar-refractivity contribution in [1.82, 2.24) is 15.0 Å². The molecule has 0 atom stereocenters. The summed E-state index contributed by atoms with van der Waals surface area (Å²) in [7, 11) is 0. The molecule has 0 spiro atoms. The summed E-state index contributed by atoms with van der Waals surface area (Å²) in [5.41, 5.74) is 18.5. The van der Waals surface area contributed by atoms with Crippen LogP contribution in [0.5, 0.6) is 0 Å². The van der Waals surface area contributed by atoms with Crippen LogP contribution in [0.15, 0.2) is 170 Å². The lowest BCUT2D eigenvalue weighted by Crippen LogP contribution is -2.59. The number of hydrogen-bond acceptors (Lipinski definition) is 5. The second kappa shape index (κ2) is 12.7. The Morgan fingerprint density at radius 2 is 1.16 bits per heavy atom. The highest BCUT2D eigenvalue weighted by molar-refractivity contribution is 6.92. The van der Waals surface area contributed by atoms with E-state index in [-0.39, 0.29) is 6.85 Å². The topological polar surface area (TPSA) is 54.3 Å². The van der Waals surface area contributed by atoms with Crippen LogP contribution >= 0.6 is 0 Å². The molecular formula is C45H32BN5. The van der Waals surface area contributed by atoms with Crippen LogP contribution in [0.4, 0.5) is 11.4 Å². The maximum Gasteiger partial charge on any atom is 0.329 e. The van der Waals surface area contributed by atoms with Gasteiger partial charge in [-0.05, 0) is 113 Å². The Morgan fingerprint density at radius 3 is 1.76 bits per heavy atom. The van der Waals surface area contributed by atoms with E-state index in [0.717, 1.165) is 44.5 Å². The number of hydrogen-bond donors (Lipinski definition) is 0. The molecule has 0 saturated heterocycles. The van der Waals surface area contributed by atoms with Crippen molar-refractivity contribution in [2.75, 3.05) is 4.81 Å². The molecule has 7 aromatic rings. The Balaban J connectivity index is 1.19. The van der Waals surface area contributed by atoms with E-state index in [1.807, 2.05) is 62.3 Å². The molecule has 5 heterocycles. The molecule has 0 unspecified atom stereocenters. The summed E-state index contributed by atoms with van der Waals surface area (Å²) in [4.78, 5) is 19.9. The number of allylic oxidation sites excluding steroid dienone is 3. The smallest absolute Gasteiger partial charge is 0.329 e. The van der Waals surface area contributed by atoms with E-state index in [4.69, 9.17) is 0 Å². The Bertz CT molecular complexity index is 2540. The Morgan fingerprint density at radius 1 is 0.588 bits per heavy atom. The molecule has 0 radical (unpaired) electrons. The minimum absolute atomic E-state index is 0.0401. The van der Waals surface area contributed by atoms with Crippen LogP contribution in [-0.4, -0.2) is 28.5 Å². The summed E-state index contributed by atoms with van der Waals surface area (Å²) in [6, 6.07) is 39.9. The third-order valence-electron chi connectivity index (χ3n) is 10.0. The van der Waals surface area contributed by atoms with E-state index in [1.165, 1.54) is 44.6 Å². The fourth-order valence-corrected chi connectivity index (χ4v) is 7.65. The van der Waals surface area contributed by atoms with Gasteiger partial charge in [0.2, 0.25) is 0 Å². The Labute approximate surface area is 298 Å². The lowest BCUT2D eigenvalue weighted by molar-refractivity contribution is 1.30. The normalized spacial score (nSPS) is 12.8. The third kappa shape index (κ3) is 5.20. The van der Waals surface area contributed by atoms with Crippen molar-refractivity contribution in [3.8, 4) is 55.6 Å². The highest BCUT2D eigenvalue weighted by atomic mass is 15.1. The maximum absolute atomic E-state index is 4.63. The van der Waals surface area contributed by atoms with Gasteiger partial charge in [0.25, 0.3) is 0 Å². The molecule has 6 heteroatoms. The van der Waals surface area contributed by atoms with E-state index in [9.17, 15) is 0 Å². The summed E-state index contributed by atoms with van der Waals surface area (Å²) >= 11 is 0. The van der Waals surface area contributed by atoms with Gasteiger partial charge < -0.3 is 4.81 Å². The van der Waals surface area contributed by atoms with Crippen LogP contribution < -0.4 is 15.7 Å². The molecule has 2 aliphatic rings. The summed E-state index contributed by atoms with van der Waals surface area (Å²) in [5.74, 6) is 0. The number of aromatic nitrogens is 3. The minimum atomic E-state index is 0.0401. The zero-order valence-corrected chi connectivity index (χ0v) is 28.1. The predicted octanol–water partition coefficient (Wildman–Crippen LogP) is 9.39. The highest BCUT2D eigenvalue weighted by Gasteiger charge is 2.42. The lowest BCUT2D eigenvalue weighted by Gasteiger charge is -2.43. The molecule has 51 heavy (non-hydrogen) atoms. The van der Waals surface area contributed by atoms with Crippen molar-refractivity contribution in [3.63, 3.8) is 0 Å². The molecule has 0 N–H and O–H groups in total. The first kappa shape index (κ1) is 30.4. The van der Waals surface area contributed by atoms with Gasteiger partial charge in [0.05, 0.1) is 0 Å². The molecule has 0 fully saturated rings. The number of fused-ring (bicyclic) bond motifs is 11. The average Bonchev–Trinajstić information content (AvgIpc) is 3.21. The van der Waals surface area contributed by atoms with Gasteiger partial charge in [-0.25, -0.2) is 0 Å². The Kier molecular flexibility index (Phi) is 7.55. The quantitative estimate of drug-likeness (QED) is 0.102. The van der Waals surface area contributed by atoms with Gasteiger partial charge in [-0.3, -0.25) is 19.9 Å². The van der Waals surface area contributed by atoms with Gasteiger partial charge >= 0.3 is 6.85 Å². The summed E-state index contributed by atoms with van der Waals surface area (Å²) in [5, 5.41) is 0. The summed E-state index contributed by atoms with van der Waals surface area (Å²) < 4.78 is 0. The van der Waals surface area contributed by atoms with Gasteiger partial charge in [-0.1, -0.05) is 66.7 Å². The number of pyridine rings is 3. The van der Waals surface area contributed by atoms with Crippen molar-refractivity contribution in [3.05, 3.63) is 170 Å². The first-order valence-corrected chi connectivity index (χ1v) is 17.1. The summed E-state index contributed by atoms with van der Waals surface area (Å²) in [6.07, 6.45) is 17.1. The molecule has 9 rings (SSSR count). The van der Waals surface area contributed by atoms with Crippen LogP contribution in [0.25, 0.3) is 61.2 Å². The van der Waals surface area contributed by atoms with Crippen molar-refractivity contribution in [1.29, 1.82) is 0 Å². The molecule has 0 saturated carbocycles. The van der Waals surface area contributed by atoms with Crippen LogP contribution in [-0.2, 0) is 0 Å². The number of anilines is 2. The van der Waals surface area contributed by atoms with Crippen molar-refractivity contribution < 1.29 is 0 Å². The van der Waals surface area contributed by atoms with Gasteiger partial charge in [0.15, 0.2) is 0 Å². The average molecular weight is 654 g/mol. The fraction of sp³-hybridized carbons (Fsp3) is 0.0222. The summed E-state index contributed by atoms with van der Waals surface area (Å²) in [6.45, 7) is 5.65. The molecule has 3 aromatic heterocycles. The van der Waals surface area contributed by atoms with Crippen LogP contribution in [0.1, 0.15) is 12.5 Å². The zero-order valence-electron chi connectivity index (χ0n) is 28.1. The van der Waals surface area contributed by atoms with Crippen molar-refractivity contribution in [2.45, 2.75) is 6.92 Å². The molecule has 2 aliphatic heterocycles. The standard InChI is InChI=1S/C45H32BN5/c1-3-30(16-19-47-2)34-22-36(28-49-26-34)32-12-14-44-40(24-32)38-8-4-6-10-42(38)46-43-11-7-5-9-39(43)41-25-33(13-15-45(41)51(44)46)37-23-35(27-50-29-37)31-17-20-48-21-18-31/h3-29H,2H2,1H3/b19-16-,30-3+. The number of benzene rings is 4. The number of nitrogens with zero attached hydrogens (tertiary/aromatic N) is 5. The monoisotopic (exact) mass is 653 g/mol. The second-order valence-electron chi connectivity index (χ2n) is 12.8. The molecule has 0 bridgehead atoms. The molecule has 0 aliphatic carbocycles. The predicted molar refractivity (Wildman–Crippen MR) is 213 cm³/mol. The first-order chi connectivity index (χ1) is 25.2. The largest absolute Gasteiger partial charge is 0.376 e. The zero-order chi connectivity index (χ0) is 34.3. The van der Waals surface area contributed by atoms with E-state index in [0.29, 0.717) is 0 Å². The van der Waals surface area contributed by atoms with Crippen molar-refractivity contribution >= 4 is 41.4 Å². The highest BCUT2D eigenvalue weighted by Crippen LogP contribution is 2.47. The third-order valence-corrected chi connectivity index (χ3v) is 10.0. The van der Waals surface area contributed by atoms with Crippen LogP contribution in [0.3, 0.4) is 0 Å². The van der Waals surface area contributed by atoms with Crippen molar-refractivity contribution in [2.24, 2.45) is 4.99 Å². The van der Waals surface area contributed by atoms with E-state index in [2.05, 4.69) is 135 Å². The van der Waals surface area contributed by atoms with Crippen LogP contribution in [0.2, 0.25) is 0 Å². The molecule has 5 nitrogen and oxygen atoms in total. The molecule has 240 valence electrons. The van der Waals surface area contributed by atoms with Gasteiger partial charge in [-0.15, -0.1) is 0 Å².